The maximum atomic E-state index is 10.0. The molecule has 0 fully saturated rings. The first-order valence-electron chi connectivity index (χ1n) is 4.86. The Balaban J connectivity index is 0. The molecular weight excluding hydrogens is 292 g/mol. The molecular formula is C12H10CaN2O5. The van der Waals surface area contributed by atoms with E-state index in [1.165, 1.54) is 24.5 Å². The van der Waals surface area contributed by atoms with Crippen LogP contribution in [0.15, 0.2) is 48.8 Å². The van der Waals surface area contributed by atoms with Crippen molar-refractivity contribution in [3.63, 3.8) is 0 Å². The topological polar surface area (TPSA) is 138 Å². The van der Waals surface area contributed by atoms with E-state index in [1.807, 2.05) is 0 Å². The molecule has 2 aromatic rings. The van der Waals surface area contributed by atoms with Crippen LogP contribution in [0.4, 0.5) is 0 Å². The molecule has 100 valence electrons. The van der Waals surface area contributed by atoms with Crippen LogP contribution < -0.4 is 10.2 Å². The van der Waals surface area contributed by atoms with Crippen molar-refractivity contribution in [1.29, 1.82) is 0 Å². The van der Waals surface area contributed by atoms with E-state index in [2.05, 4.69) is 9.97 Å². The molecule has 0 radical (unpaired) electrons. The molecule has 0 aliphatic rings. The summed E-state index contributed by atoms with van der Waals surface area (Å²) in [6.45, 7) is 0. The molecule has 0 aromatic carbocycles. The predicted molar refractivity (Wildman–Crippen MR) is 66.5 cm³/mol. The summed E-state index contributed by atoms with van der Waals surface area (Å²) in [6, 6.07) is 9.25. The first-order valence-corrected chi connectivity index (χ1v) is 4.86. The largest absolute Gasteiger partial charge is 2.00 e. The molecule has 0 unspecified atom stereocenters. The van der Waals surface area contributed by atoms with Gasteiger partial charge in [-0.05, 0) is 24.3 Å². The van der Waals surface area contributed by atoms with Crippen molar-refractivity contribution in [3.05, 3.63) is 60.2 Å². The molecule has 0 spiro atoms. The van der Waals surface area contributed by atoms with Gasteiger partial charge in [-0.3, -0.25) is 9.97 Å². The molecule has 7 nitrogen and oxygen atoms in total. The predicted octanol–water partition coefficient (Wildman–Crippen LogP) is -2.32. The van der Waals surface area contributed by atoms with Gasteiger partial charge in [0.15, 0.2) is 0 Å². The minimum absolute atomic E-state index is 0. The van der Waals surface area contributed by atoms with Gasteiger partial charge in [-0.15, -0.1) is 0 Å². The van der Waals surface area contributed by atoms with Gasteiger partial charge in [-0.25, -0.2) is 0 Å². The van der Waals surface area contributed by atoms with Crippen molar-refractivity contribution >= 4 is 49.7 Å². The summed E-state index contributed by atoms with van der Waals surface area (Å²) in [5.41, 5.74) is -0.0602. The molecule has 0 bridgehead atoms. The first kappa shape index (κ1) is 20.8. The van der Waals surface area contributed by atoms with Crippen molar-refractivity contribution in [1.82, 2.24) is 9.97 Å². The number of carbonyl (C=O) groups is 2. The first-order chi connectivity index (χ1) is 8.61. The van der Waals surface area contributed by atoms with Crippen LogP contribution in [0.5, 0.6) is 0 Å². The number of aromatic nitrogens is 2. The van der Waals surface area contributed by atoms with Crippen molar-refractivity contribution in [2.24, 2.45) is 0 Å². The van der Waals surface area contributed by atoms with E-state index in [4.69, 9.17) is 0 Å². The minimum Gasteiger partial charge on any atom is -0.543 e. The number of nitrogens with zero attached hydrogens (tertiary/aromatic N) is 2. The Morgan fingerprint density at radius 1 is 0.800 bits per heavy atom. The summed E-state index contributed by atoms with van der Waals surface area (Å²) in [5.74, 6) is -2.48. The second kappa shape index (κ2) is 11.3. The molecule has 2 N–H and O–H groups in total. The van der Waals surface area contributed by atoms with Crippen LogP contribution in [0, 0.1) is 0 Å². The van der Waals surface area contributed by atoms with Crippen LogP contribution in [0.25, 0.3) is 0 Å². The van der Waals surface area contributed by atoms with Crippen LogP contribution in [-0.2, 0) is 0 Å². The van der Waals surface area contributed by atoms with E-state index >= 15 is 0 Å². The van der Waals surface area contributed by atoms with Gasteiger partial charge in [0.1, 0.15) is 0 Å². The zero-order valence-corrected chi connectivity index (χ0v) is 12.6. The minimum atomic E-state index is -1.24. The number of carbonyl (C=O) groups excluding carboxylic acids is 2. The van der Waals surface area contributed by atoms with Crippen molar-refractivity contribution < 1.29 is 25.3 Å². The summed E-state index contributed by atoms with van der Waals surface area (Å²) in [6.07, 6.45) is 2.82. The number of rotatable bonds is 2. The third kappa shape index (κ3) is 7.80. The van der Waals surface area contributed by atoms with Gasteiger partial charge in [0.2, 0.25) is 0 Å². The second-order valence-electron chi connectivity index (χ2n) is 3.00. The number of hydrogen-bond donors (Lipinski definition) is 0. The molecule has 20 heavy (non-hydrogen) atoms. The Bertz CT molecular complexity index is 472. The van der Waals surface area contributed by atoms with Crippen LogP contribution in [0.2, 0.25) is 0 Å². The fourth-order valence-corrected chi connectivity index (χ4v) is 0.967. The Hall–Kier alpha value is -1.54. The number of carboxylic acids is 2. The van der Waals surface area contributed by atoms with Crippen LogP contribution >= 0.6 is 0 Å². The maximum Gasteiger partial charge on any atom is 2.00 e. The average molecular weight is 302 g/mol. The van der Waals surface area contributed by atoms with Gasteiger partial charge in [-0.2, -0.15) is 0 Å². The van der Waals surface area contributed by atoms with E-state index in [1.54, 1.807) is 24.3 Å². The standard InChI is InChI=1S/2C6H5NO2.Ca.H2O/c2*8-6(9)5-3-1-2-4-7-5;;/h2*1-4H,(H,8,9);;1H2/q;;+2;/p-2. The Labute approximate surface area is 144 Å². The zero-order chi connectivity index (χ0) is 13.4. The number of pyridine rings is 2. The van der Waals surface area contributed by atoms with Crippen LogP contribution in [0.3, 0.4) is 0 Å². The number of aromatic carboxylic acids is 2. The fourth-order valence-electron chi connectivity index (χ4n) is 0.967. The summed E-state index contributed by atoms with van der Waals surface area (Å²) < 4.78 is 0. The summed E-state index contributed by atoms with van der Waals surface area (Å²) in [4.78, 5) is 27.1. The third-order valence-corrected chi connectivity index (χ3v) is 1.75. The molecule has 2 aromatic heterocycles. The normalized spacial score (nSPS) is 8.00. The molecule has 0 aliphatic heterocycles. The summed E-state index contributed by atoms with van der Waals surface area (Å²) in [5, 5.41) is 20.1. The monoisotopic (exact) mass is 302 g/mol. The van der Waals surface area contributed by atoms with Gasteiger partial charge in [0, 0.05) is 12.4 Å². The average Bonchev–Trinajstić information content (AvgIpc) is 2.41. The van der Waals surface area contributed by atoms with E-state index in [0.29, 0.717) is 0 Å². The molecule has 2 heterocycles. The van der Waals surface area contributed by atoms with E-state index in [-0.39, 0.29) is 54.6 Å². The quantitative estimate of drug-likeness (QED) is 0.571. The Morgan fingerprint density at radius 2 is 1.15 bits per heavy atom. The molecule has 0 atom stereocenters. The van der Waals surface area contributed by atoms with Gasteiger partial charge >= 0.3 is 37.7 Å². The third-order valence-electron chi connectivity index (χ3n) is 1.75. The van der Waals surface area contributed by atoms with E-state index < -0.39 is 11.9 Å². The summed E-state index contributed by atoms with van der Waals surface area (Å²) in [7, 11) is 0. The number of hydrogen-bond acceptors (Lipinski definition) is 6. The van der Waals surface area contributed by atoms with Crippen molar-refractivity contribution in [2.75, 3.05) is 0 Å². The molecule has 8 heteroatoms. The zero-order valence-electron chi connectivity index (χ0n) is 10.4. The van der Waals surface area contributed by atoms with E-state index in [0.717, 1.165) is 0 Å². The molecule has 0 saturated heterocycles. The smallest absolute Gasteiger partial charge is 0.543 e. The molecule has 0 aliphatic carbocycles. The van der Waals surface area contributed by atoms with Crippen molar-refractivity contribution in [2.45, 2.75) is 0 Å². The fraction of sp³-hybridized carbons (Fsp3) is 0. The number of carboxylic acid groups (broad SMARTS) is 2. The van der Waals surface area contributed by atoms with E-state index in [9.17, 15) is 19.8 Å². The van der Waals surface area contributed by atoms with Gasteiger partial charge in [0.25, 0.3) is 0 Å². The summed E-state index contributed by atoms with van der Waals surface area (Å²) >= 11 is 0. The van der Waals surface area contributed by atoms with Gasteiger partial charge in [-0.1, -0.05) is 12.1 Å². The van der Waals surface area contributed by atoms with Gasteiger partial charge < -0.3 is 25.3 Å². The van der Waals surface area contributed by atoms with Crippen LogP contribution in [0.1, 0.15) is 21.0 Å². The molecule has 0 amide bonds. The Kier molecular flexibility index (Phi) is 11.7. The molecule has 0 saturated carbocycles. The maximum absolute atomic E-state index is 10.0. The Morgan fingerprint density at radius 3 is 1.30 bits per heavy atom. The van der Waals surface area contributed by atoms with Crippen molar-refractivity contribution in [3.8, 4) is 0 Å². The SMILES string of the molecule is O.O=C([O-])c1ccccn1.O=C([O-])c1ccccn1.[Ca+2]. The van der Waals surface area contributed by atoms with Gasteiger partial charge in [0.05, 0.1) is 23.3 Å². The molecule has 2 rings (SSSR count). The van der Waals surface area contributed by atoms with Crippen LogP contribution in [-0.4, -0.2) is 65.1 Å². The second-order valence-corrected chi connectivity index (χ2v) is 3.00.